The Hall–Kier alpha value is -1.53. The van der Waals surface area contributed by atoms with E-state index in [1.165, 1.54) is 5.56 Å². The molecule has 6 heteroatoms. The first-order valence-electron chi connectivity index (χ1n) is 8.73. The largest absolute Gasteiger partial charge is 0.481 e. The lowest BCUT2D eigenvalue weighted by atomic mass is 9.87. The number of carboxylic acids is 1. The average Bonchev–Trinajstić information content (AvgIpc) is 2.58. The van der Waals surface area contributed by atoms with Gasteiger partial charge in [-0.05, 0) is 51.4 Å². The van der Waals surface area contributed by atoms with Gasteiger partial charge in [0, 0.05) is 30.4 Å². The van der Waals surface area contributed by atoms with E-state index in [1.54, 1.807) is 11.8 Å². The third kappa shape index (κ3) is 5.75. The number of hydrogen-bond donors (Lipinski definition) is 1. The second-order valence-electron chi connectivity index (χ2n) is 6.91. The van der Waals surface area contributed by atoms with E-state index in [4.69, 9.17) is 5.11 Å². The Kier molecular flexibility index (Phi) is 7.32. The Bertz CT molecular complexity index is 606. The van der Waals surface area contributed by atoms with E-state index in [2.05, 4.69) is 17.9 Å². The molecule has 5 nitrogen and oxygen atoms in total. The predicted molar refractivity (Wildman–Crippen MR) is 101 cm³/mol. The van der Waals surface area contributed by atoms with Crippen LogP contribution in [0, 0.1) is 12.8 Å². The van der Waals surface area contributed by atoms with Gasteiger partial charge in [-0.3, -0.25) is 9.59 Å². The molecule has 1 fully saturated rings. The highest BCUT2D eigenvalue weighted by atomic mass is 32.2. The molecule has 1 aromatic rings. The first kappa shape index (κ1) is 19.8. The fraction of sp³-hybridized carbons (Fsp3) is 0.579. The predicted octanol–water partition coefficient (Wildman–Crippen LogP) is 2.73. The number of aryl methyl sites for hydroxylation is 1. The van der Waals surface area contributed by atoms with Crippen molar-refractivity contribution in [2.75, 3.05) is 32.9 Å². The first-order valence-corrected chi connectivity index (χ1v) is 9.71. The van der Waals surface area contributed by atoms with Crippen LogP contribution in [-0.2, 0) is 9.59 Å². The van der Waals surface area contributed by atoms with Gasteiger partial charge in [0.1, 0.15) is 0 Å². The minimum atomic E-state index is -0.768. The number of aliphatic carboxylic acids is 1. The van der Waals surface area contributed by atoms with Crippen LogP contribution >= 0.6 is 11.8 Å². The zero-order valence-electron chi connectivity index (χ0n) is 15.3. The summed E-state index contributed by atoms with van der Waals surface area (Å²) in [5.41, 5.74) is 1.19. The molecule has 138 valence electrons. The van der Waals surface area contributed by atoms with Crippen LogP contribution in [0.4, 0.5) is 0 Å². The number of amides is 1. The number of carboxylic acid groups (broad SMARTS) is 1. The minimum Gasteiger partial charge on any atom is -0.481 e. The summed E-state index contributed by atoms with van der Waals surface area (Å²) in [6.45, 7) is 3.46. The fourth-order valence-corrected chi connectivity index (χ4v) is 4.40. The van der Waals surface area contributed by atoms with Gasteiger partial charge in [-0.2, -0.15) is 0 Å². The molecule has 0 aliphatic carbocycles. The van der Waals surface area contributed by atoms with E-state index in [0.717, 1.165) is 17.9 Å². The number of likely N-dealkylation sites (tertiary alicyclic amines) is 1. The summed E-state index contributed by atoms with van der Waals surface area (Å²) in [6.07, 6.45) is 1.68. The number of rotatable bonds is 7. The Labute approximate surface area is 154 Å². The molecule has 0 unspecified atom stereocenters. The fourth-order valence-electron chi connectivity index (χ4n) is 3.47. The van der Waals surface area contributed by atoms with Crippen molar-refractivity contribution in [3.8, 4) is 0 Å². The second-order valence-corrected chi connectivity index (χ2v) is 7.92. The van der Waals surface area contributed by atoms with Crippen LogP contribution < -0.4 is 0 Å². The Balaban J connectivity index is 1.93. The maximum Gasteiger partial charge on any atom is 0.303 e. The molecule has 25 heavy (non-hydrogen) atoms. The maximum absolute atomic E-state index is 12.6. The van der Waals surface area contributed by atoms with Crippen molar-refractivity contribution in [3.05, 3.63) is 29.8 Å². The van der Waals surface area contributed by atoms with Crippen LogP contribution in [0.5, 0.6) is 0 Å². The van der Waals surface area contributed by atoms with Crippen LogP contribution in [0.15, 0.2) is 29.2 Å². The summed E-state index contributed by atoms with van der Waals surface area (Å²) < 4.78 is 0. The molecule has 0 spiro atoms. The molecule has 1 heterocycles. The highest BCUT2D eigenvalue weighted by Gasteiger charge is 2.32. The summed E-state index contributed by atoms with van der Waals surface area (Å²) in [6, 6.07) is 8.43. The van der Waals surface area contributed by atoms with Gasteiger partial charge in [-0.15, -0.1) is 11.8 Å². The highest BCUT2D eigenvalue weighted by molar-refractivity contribution is 8.00. The first-order chi connectivity index (χ1) is 11.9. The molecule has 1 aliphatic rings. The molecule has 0 bridgehead atoms. The molecule has 0 radical (unpaired) electrons. The van der Waals surface area contributed by atoms with Gasteiger partial charge >= 0.3 is 5.97 Å². The number of nitrogens with zero attached hydrogens (tertiary/aromatic N) is 2. The molecule has 0 saturated carbocycles. The van der Waals surface area contributed by atoms with E-state index in [9.17, 15) is 9.59 Å². The number of carbonyl (C=O) groups is 2. The van der Waals surface area contributed by atoms with Crippen LogP contribution in [0.25, 0.3) is 0 Å². The van der Waals surface area contributed by atoms with Gasteiger partial charge in [-0.25, -0.2) is 0 Å². The third-order valence-corrected chi connectivity index (χ3v) is 6.04. The second kappa shape index (κ2) is 9.25. The van der Waals surface area contributed by atoms with Crippen molar-refractivity contribution < 1.29 is 14.7 Å². The van der Waals surface area contributed by atoms with E-state index in [0.29, 0.717) is 24.8 Å². The Morgan fingerprint density at radius 1 is 1.32 bits per heavy atom. The molecule has 2 atom stereocenters. The van der Waals surface area contributed by atoms with Crippen molar-refractivity contribution >= 4 is 23.6 Å². The summed E-state index contributed by atoms with van der Waals surface area (Å²) in [7, 11) is 4.06. The highest BCUT2D eigenvalue weighted by Crippen LogP contribution is 2.27. The molecule has 0 aromatic heterocycles. The Morgan fingerprint density at radius 2 is 2.04 bits per heavy atom. The van der Waals surface area contributed by atoms with Crippen LogP contribution in [0.2, 0.25) is 0 Å². The van der Waals surface area contributed by atoms with E-state index < -0.39 is 5.97 Å². The Morgan fingerprint density at radius 3 is 2.68 bits per heavy atom. The number of thioether (sulfide) groups is 1. The number of piperidine rings is 1. The topological polar surface area (TPSA) is 60.9 Å². The van der Waals surface area contributed by atoms with Gasteiger partial charge in [0.05, 0.1) is 5.75 Å². The van der Waals surface area contributed by atoms with E-state index in [1.807, 2.05) is 37.2 Å². The summed E-state index contributed by atoms with van der Waals surface area (Å²) in [4.78, 5) is 28.8. The maximum atomic E-state index is 12.6. The van der Waals surface area contributed by atoms with E-state index in [-0.39, 0.29) is 18.2 Å². The zero-order chi connectivity index (χ0) is 18.4. The standard InChI is InChI=1S/C19H28N2O3S/c1-14-6-4-5-7-17(14)25-13-18(22)21-11-10-16(20(2)3)15(12-21)8-9-19(23)24/h4-7,15-16H,8-13H2,1-3H3,(H,23,24)/t15-,16+/m1/s1. The van der Waals surface area contributed by atoms with Gasteiger partial charge in [0.25, 0.3) is 0 Å². The number of benzene rings is 1. The lowest BCUT2D eigenvalue weighted by Crippen LogP contribution is -2.51. The van der Waals surface area contributed by atoms with Crippen LogP contribution in [-0.4, -0.2) is 65.8 Å². The molecule has 1 saturated heterocycles. The SMILES string of the molecule is Cc1ccccc1SCC(=O)N1CC[C@H](N(C)C)[C@H](CCC(=O)O)C1. The number of hydrogen-bond acceptors (Lipinski definition) is 4. The molecular weight excluding hydrogens is 336 g/mol. The van der Waals surface area contributed by atoms with Crippen molar-refractivity contribution in [3.63, 3.8) is 0 Å². The van der Waals surface area contributed by atoms with Crippen LogP contribution in [0.1, 0.15) is 24.8 Å². The van der Waals surface area contributed by atoms with Gasteiger partial charge in [0.2, 0.25) is 5.91 Å². The van der Waals surface area contributed by atoms with Gasteiger partial charge in [0.15, 0.2) is 0 Å². The quantitative estimate of drug-likeness (QED) is 0.754. The molecule has 1 aromatic carbocycles. The number of carbonyl (C=O) groups excluding carboxylic acids is 1. The molecular formula is C19H28N2O3S. The summed E-state index contributed by atoms with van der Waals surface area (Å²) >= 11 is 1.58. The lowest BCUT2D eigenvalue weighted by molar-refractivity contribution is -0.137. The molecule has 1 N–H and O–H groups in total. The van der Waals surface area contributed by atoms with Gasteiger partial charge in [-0.1, -0.05) is 18.2 Å². The van der Waals surface area contributed by atoms with Crippen molar-refractivity contribution in [1.82, 2.24) is 9.80 Å². The zero-order valence-corrected chi connectivity index (χ0v) is 16.1. The summed E-state index contributed by atoms with van der Waals surface area (Å²) in [5, 5.41) is 8.98. The normalized spacial score (nSPS) is 20.7. The van der Waals surface area contributed by atoms with Gasteiger partial charge < -0.3 is 14.9 Å². The monoisotopic (exact) mass is 364 g/mol. The van der Waals surface area contributed by atoms with Crippen molar-refractivity contribution in [1.29, 1.82) is 0 Å². The molecule has 2 rings (SSSR count). The average molecular weight is 365 g/mol. The lowest BCUT2D eigenvalue weighted by Gasteiger charge is -2.41. The van der Waals surface area contributed by atoms with Crippen LogP contribution in [0.3, 0.4) is 0 Å². The minimum absolute atomic E-state index is 0.144. The van der Waals surface area contributed by atoms with Crippen molar-refractivity contribution in [2.45, 2.75) is 37.1 Å². The molecule has 1 amide bonds. The third-order valence-electron chi connectivity index (χ3n) is 4.88. The van der Waals surface area contributed by atoms with Crippen molar-refractivity contribution in [2.24, 2.45) is 5.92 Å². The molecule has 1 aliphatic heterocycles. The smallest absolute Gasteiger partial charge is 0.303 e. The van der Waals surface area contributed by atoms with E-state index >= 15 is 0 Å². The summed E-state index contributed by atoms with van der Waals surface area (Å²) in [5.74, 6) is 0.0254.